The standard InChI is InChI=1S/C15H20FN3/c16-14(10-17)11-19-8-6-15(12-18,7-9-19)13-4-2-1-3-5-13/h1-5,14H,6-11,17H2. The van der Waals surface area contributed by atoms with E-state index < -0.39 is 11.6 Å². The molecule has 0 spiro atoms. The van der Waals surface area contributed by atoms with E-state index in [9.17, 15) is 9.65 Å². The SMILES string of the molecule is N#CC1(c2ccccc2)CCN(CC(F)CN)CC1. The van der Waals surface area contributed by atoms with Crippen LogP contribution in [0.15, 0.2) is 30.3 Å². The molecule has 1 heterocycles. The smallest absolute Gasteiger partial charge is 0.125 e. The molecule has 1 atom stereocenters. The number of likely N-dealkylation sites (tertiary alicyclic amines) is 1. The summed E-state index contributed by atoms with van der Waals surface area (Å²) in [5, 5.41) is 9.55. The van der Waals surface area contributed by atoms with Crippen molar-refractivity contribution in [2.45, 2.75) is 24.4 Å². The van der Waals surface area contributed by atoms with Gasteiger partial charge in [-0.25, -0.2) is 4.39 Å². The van der Waals surface area contributed by atoms with Gasteiger partial charge in [0.2, 0.25) is 0 Å². The maximum absolute atomic E-state index is 13.3. The molecular formula is C15H20FN3. The van der Waals surface area contributed by atoms with Crippen LogP contribution in [0.25, 0.3) is 0 Å². The summed E-state index contributed by atoms with van der Waals surface area (Å²) < 4.78 is 13.3. The van der Waals surface area contributed by atoms with E-state index in [4.69, 9.17) is 5.73 Å². The van der Waals surface area contributed by atoms with Gasteiger partial charge in [0.25, 0.3) is 0 Å². The van der Waals surface area contributed by atoms with Crippen molar-refractivity contribution in [2.24, 2.45) is 5.73 Å². The average molecular weight is 261 g/mol. The number of piperidine rings is 1. The normalized spacial score (nSPS) is 20.7. The number of halogens is 1. The Balaban J connectivity index is 2.03. The highest BCUT2D eigenvalue weighted by molar-refractivity contribution is 5.33. The molecule has 0 bridgehead atoms. The lowest BCUT2D eigenvalue weighted by Crippen LogP contribution is -2.45. The molecule has 1 aromatic rings. The van der Waals surface area contributed by atoms with Crippen molar-refractivity contribution < 1.29 is 4.39 Å². The highest BCUT2D eigenvalue weighted by Crippen LogP contribution is 2.34. The van der Waals surface area contributed by atoms with Gasteiger partial charge < -0.3 is 10.6 Å². The van der Waals surface area contributed by atoms with Crippen LogP contribution in [0, 0.1) is 11.3 Å². The first kappa shape index (κ1) is 14.0. The molecule has 2 rings (SSSR count). The van der Waals surface area contributed by atoms with Crippen molar-refractivity contribution in [3.8, 4) is 6.07 Å². The van der Waals surface area contributed by atoms with E-state index in [1.54, 1.807) is 0 Å². The van der Waals surface area contributed by atoms with Gasteiger partial charge in [-0.3, -0.25) is 0 Å². The first-order chi connectivity index (χ1) is 9.20. The zero-order valence-electron chi connectivity index (χ0n) is 11.1. The minimum Gasteiger partial charge on any atom is -0.328 e. The molecule has 1 aliphatic heterocycles. The average Bonchev–Trinajstić information content (AvgIpc) is 2.49. The predicted molar refractivity (Wildman–Crippen MR) is 73.4 cm³/mol. The molecule has 3 nitrogen and oxygen atoms in total. The maximum atomic E-state index is 13.3. The minimum absolute atomic E-state index is 0.0680. The zero-order valence-corrected chi connectivity index (χ0v) is 11.1. The van der Waals surface area contributed by atoms with E-state index in [2.05, 4.69) is 11.0 Å². The molecule has 4 heteroatoms. The van der Waals surface area contributed by atoms with Crippen LogP contribution in [-0.4, -0.2) is 37.3 Å². The second kappa shape index (κ2) is 6.14. The summed E-state index contributed by atoms with van der Waals surface area (Å²) in [6, 6.07) is 12.4. The lowest BCUT2D eigenvalue weighted by molar-refractivity contribution is 0.144. The van der Waals surface area contributed by atoms with Crippen molar-refractivity contribution >= 4 is 0 Å². The highest BCUT2D eigenvalue weighted by Gasteiger charge is 2.36. The largest absolute Gasteiger partial charge is 0.328 e. The van der Waals surface area contributed by atoms with Crippen LogP contribution in [0.1, 0.15) is 18.4 Å². The Labute approximate surface area is 113 Å². The Morgan fingerprint density at radius 1 is 1.32 bits per heavy atom. The topological polar surface area (TPSA) is 53.0 Å². The molecule has 1 saturated heterocycles. The van der Waals surface area contributed by atoms with Crippen LogP contribution in [0.5, 0.6) is 0 Å². The Morgan fingerprint density at radius 3 is 2.47 bits per heavy atom. The number of alkyl halides is 1. The van der Waals surface area contributed by atoms with E-state index in [1.165, 1.54) is 0 Å². The fourth-order valence-electron chi connectivity index (χ4n) is 2.69. The third-order valence-corrected chi connectivity index (χ3v) is 3.96. The molecule has 102 valence electrons. The summed E-state index contributed by atoms with van der Waals surface area (Å²) in [7, 11) is 0. The number of nitriles is 1. The van der Waals surface area contributed by atoms with Crippen LogP contribution in [0.3, 0.4) is 0 Å². The van der Waals surface area contributed by atoms with Crippen molar-refractivity contribution in [1.29, 1.82) is 5.26 Å². The summed E-state index contributed by atoms with van der Waals surface area (Å²) in [4.78, 5) is 2.07. The van der Waals surface area contributed by atoms with E-state index in [1.807, 2.05) is 30.3 Å². The minimum atomic E-state index is -0.966. The molecule has 2 N–H and O–H groups in total. The number of benzene rings is 1. The third kappa shape index (κ3) is 3.12. The van der Waals surface area contributed by atoms with Gasteiger partial charge in [0.15, 0.2) is 0 Å². The first-order valence-corrected chi connectivity index (χ1v) is 6.73. The number of hydrogen-bond donors (Lipinski definition) is 1. The monoisotopic (exact) mass is 261 g/mol. The Kier molecular flexibility index (Phi) is 4.52. The molecule has 1 aromatic carbocycles. The van der Waals surface area contributed by atoms with Gasteiger partial charge in [-0.1, -0.05) is 30.3 Å². The second-order valence-corrected chi connectivity index (χ2v) is 5.19. The predicted octanol–water partition coefficient (Wildman–Crippen LogP) is 1.84. The second-order valence-electron chi connectivity index (χ2n) is 5.19. The number of nitrogens with two attached hydrogens (primary N) is 1. The van der Waals surface area contributed by atoms with Crippen molar-refractivity contribution in [1.82, 2.24) is 4.90 Å². The fraction of sp³-hybridized carbons (Fsp3) is 0.533. The van der Waals surface area contributed by atoms with Crippen LogP contribution in [0.4, 0.5) is 4.39 Å². The van der Waals surface area contributed by atoms with Crippen LogP contribution in [0.2, 0.25) is 0 Å². The van der Waals surface area contributed by atoms with Crippen molar-refractivity contribution in [3.63, 3.8) is 0 Å². The molecule has 19 heavy (non-hydrogen) atoms. The highest BCUT2D eigenvalue weighted by atomic mass is 19.1. The summed E-state index contributed by atoms with van der Waals surface area (Å²) in [5.74, 6) is 0. The van der Waals surface area contributed by atoms with Crippen LogP contribution < -0.4 is 5.73 Å². The Morgan fingerprint density at radius 2 is 1.95 bits per heavy atom. The Hall–Kier alpha value is -1.44. The van der Waals surface area contributed by atoms with Crippen molar-refractivity contribution in [3.05, 3.63) is 35.9 Å². The third-order valence-electron chi connectivity index (χ3n) is 3.96. The molecule has 0 saturated carbocycles. The van der Waals surface area contributed by atoms with Gasteiger partial charge in [-0.15, -0.1) is 0 Å². The van der Waals surface area contributed by atoms with Gasteiger partial charge in [-0.2, -0.15) is 5.26 Å². The summed E-state index contributed by atoms with van der Waals surface area (Å²) in [5.41, 5.74) is 5.97. The Bertz CT molecular complexity index is 432. The summed E-state index contributed by atoms with van der Waals surface area (Å²) in [6.45, 7) is 1.96. The van der Waals surface area contributed by atoms with E-state index in [-0.39, 0.29) is 6.54 Å². The fourth-order valence-corrected chi connectivity index (χ4v) is 2.69. The molecule has 1 aliphatic rings. The molecule has 0 aromatic heterocycles. The van der Waals surface area contributed by atoms with Gasteiger partial charge in [0.1, 0.15) is 6.17 Å². The van der Waals surface area contributed by atoms with Crippen molar-refractivity contribution in [2.75, 3.05) is 26.2 Å². The lowest BCUT2D eigenvalue weighted by Gasteiger charge is -2.38. The zero-order chi connectivity index (χ0) is 13.7. The molecule has 0 aliphatic carbocycles. The van der Waals surface area contributed by atoms with E-state index >= 15 is 0 Å². The molecule has 1 fully saturated rings. The number of rotatable bonds is 4. The maximum Gasteiger partial charge on any atom is 0.125 e. The van der Waals surface area contributed by atoms with Gasteiger partial charge in [0.05, 0.1) is 11.5 Å². The van der Waals surface area contributed by atoms with Gasteiger partial charge >= 0.3 is 0 Å². The van der Waals surface area contributed by atoms with E-state index in [0.717, 1.165) is 31.5 Å². The number of nitrogens with zero attached hydrogens (tertiary/aromatic N) is 2. The van der Waals surface area contributed by atoms with E-state index in [0.29, 0.717) is 6.54 Å². The van der Waals surface area contributed by atoms with Crippen LogP contribution in [-0.2, 0) is 5.41 Å². The molecule has 0 amide bonds. The molecule has 0 radical (unpaired) electrons. The lowest BCUT2D eigenvalue weighted by atomic mass is 9.74. The first-order valence-electron chi connectivity index (χ1n) is 6.73. The molecular weight excluding hydrogens is 241 g/mol. The molecule has 1 unspecified atom stereocenters. The summed E-state index contributed by atoms with van der Waals surface area (Å²) in [6.07, 6.45) is 0.543. The van der Waals surface area contributed by atoms with Gasteiger partial charge in [0, 0.05) is 26.2 Å². The van der Waals surface area contributed by atoms with Gasteiger partial charge in [-0.05, 0) is 18.4 Å². The van der Waals surface area contributed by atoms with Crippen LogP contribution >= 0.6 is 0 Å². The summed E-state index contributed by atoms with van der Waals surface area (Å²) >= 11 is 0. The quantitative estimate of drug-likeness (QED) is 0.899. The number of hydrogen-bond acceptors (Lipinski definition) is 3.